The summed E-state index contributed by atoms with van der Waals surface area (Å²) in [5, 5.41) is 1.94. The van der Waals surface area contributed by atoms with E-state index in [0.29, 0.717) is 21.5 Å². The second-order valence-electron chi connectivity index (χ2n) is 5.83. The zero-order chi connectivity index (χ0) is 19.5. The number of anilines is 1. The van der Waals surface area contributed by atoms with Crippen molar-refractivity contribution in [2.45, 2.75) is 6.61 Å². The molecule has 1 amide bonds. The molecular weight excluding hydrogens is 415 g/mol. The van der Waals surface area contributed by atoms with E-state index in [-0.39, 0.29) is 11.7 Å². The number of hydrogen-bond acceptors (Lipinski definition) is 6. The number of carbonyl (C=O) groups excluding carboxylic acids is 1. The SMILES string of the molecule is O=C1/C(=C\c2ccc(OCc3cscn3)cc2)SC(=S)N1c1ccc(F)cc1. The van der Waals surface area contributed by atoms with Gasteiger partial charge in [0.25, 0.3) is 5.91 Å². The van der Waals surface area contributed by atoms with E-state index in [4.69, 9.17) is 17.0 Å². The number of thiocarbonyl (C=S) groups is 1. The molecular formula is C20H13FN2O2S3. The number of aromatic nitrogens is 1. The molecule has 8 heteroatoms. The van der Waals surface area contributed by atoms with E-state index in [0.717, 1.165) is 17.0 Å². The number of benzene rings is 2. The van der Waals surface area contributed by atoms with Gasteiger partial charge in [0.2, 0.25) is 0 Å². The Labute approximate surface area is 174 Å². The number of amides is 1. The zero-order valence-electron chi connectivity index (χ0n) is 14.4. The number of halogens is 1. The van der Waals surface area contributed by atoms with E-state index in [1.807, 2.05) is 29.6 Å². The molecule has 0 unspecified atom stereocenters. The lowest BCUT2D eigenvalue weighted by Gasteiger charge is -2.14. The molecule has 1 aliphatic heterocycles. The summed E-state index contributed by atoms with van der Waals surface area (Å²) in [5.74, 6) is 0.149. The molecule has 0 atom stereocenters. The van der Waals surface area contributed by atoms with Crippen molar-refractivity contribution >= 4 is 57.3 Å². The summed E-state index contributed by atoms with van der Waals surface area (Å²) >= 11 is 8.08. The molecule has 1 aliphatic rings. The molecule has 2 aromatic carbocycles. The maximum Gasteiger partial charge on any atom is 0.270 e. The molecule has 0 radical (unpaired) electrons. The van der Waals surface area contributed by atoms with Gasteiger partial charge in [0.15, 0.2) is 4.32 Å². The van der Waals surface area contributed by atoms with Crippen LogP contribution < -0.4 is 9.64 Å². The number of thiazole rings is 1. The monoisotopic (exact) mass is 428 g/mol. The Bertz CT molecular complexity index is 1030. The van der Waals surface area contributed by atoms with Crippen molar-refractivity contribution in [2.75, 3.05) is 4.90 Å². The van der Waals surface area contributed by atoms with Crippen LogP contribution in [-0.2, 0) is 11.4 Å². The molecule has 0 spiro atoms. The van der Waals surface area contributed by atoms with Gasteiger partial charge in [-0.1, -0.05) is 36.1 Å². The van der Waals surface area contributed by atoms with E-state index >= 15 is 0 Å². The highest BCUT2D eigenvalue weighted by atomic mass is 32.2. The number of hydrogen-bond donors (Lipinski definition) is 0. The predicted octanol–water partition coefficient (Wildman–Crippen LogP) is 5.27. The van der Waals surface area contributed by atoms with Crippen molar-refractivity contribution in [1.29, 1.82) is 0 Å². The highest BCUT2D eigenvalue weighted by Crippen LogP contribution is 2.36. The first kappa shape index (κ1) is 18.8. The van der Waals surface area contributed by atoms with Crippen molar-refractivity contribution in [1.82, 2.24) is 4.98 Å². The molecule has 3 aromatic rings. The standard InChI is InChI=1S/C20H13FN2O2S3/c21-14-3-5-16(6-4-14)23-19(24)18(28-20(23)26)9-13-1-7-17(8-2-13)25-10-15-11-27-12-22-15/h1-9,11-12H,10H2/b18-9+. The van der Waals surface area contributed by atoms with Crippen LogP contribution in [0.3, 0.4) is 0 Å². The molecule has 2 heterocycles. The van der Waals surface area contributed by atoms with Gasteiger partial charge in [-0.05, 0) is 48.0 Å². The van der Waals surface area contributed by atoms with E-state index in [1.165, 1.54) is 52.3 Å². The third kappa shape index (κ3) is 4.14. The minimum atomic E-state index is -0.359. The quantitative estimate of drug-likeness (QED) is 0.409. The van der Waals surface area contributed by atoms with Crippen LogP contribution in [0.2, 0.25) is 0 Å². The maximum absolute atomic E-state index is 13.1. The van der Waals surface area contributed by atoms with Gasteiger partial charge in [-0.2, -0.15) is 0 Å². The van der Waals surface area contributed by atoms with Gasteiger partial charge < -0.3 is 4.74 Å². The number of carbonyl (C=O) groups is 1. The summed E-state index contributed by atoms with van der Waals surface area (Å²) in [7, 11) is 0. The lowest BCUT2D eigenvalue weighted by Crippen LogP contribution is -2.27. The van der Waals surface area contributed by atoms with Gasteiger partial charge in [0.1, 0.15) is 18.2 Å². The first-order chi connectivity index (χ1) is 13.6. The molecule has 4 rings (SSSR count). The Morgan fingerprint density at radius 1 is 1.14 bits per heavy atom. The van der Waals surface area contributed by atoms with Crippen molar-refractivity contribution in [2.24, 2.45) is 0 Å². The molecule has 140 valence electrons. The average molecular weight is 429 g/mol. The van der Waals surface area contributed by atoms with Crippen LogP contribution in [0.4, 0.5) is 10.1 Å². The van der Waals surface area contributed by atoms with Gasteiger partial charge in [0.05, 0.1) is 21.8 Å². The van der Waals surface area contributed by atoms with E-state index < -0.39 is 0 Å². The third-order valence-electron chi connectivity index (χ3n) is 3.93. The first-order valence-electron chi connectivity index (χ1n) is 8.23. The zero-order valence-corrected chi connectivity index (χ0v) is 16.8. The Hall–Kier alpha value is -2.55. The minimum Gasteiger partial charge on any atom is -0.487 e. The van der Waals surface area contributed by atoms with Crippen LogP contribution >= 0.6 is 35.3 Å². The largest absolute Gasteiger partial charge is 0.487 e. The molecule has 0 bridgehead atoms. The molecule has 4 nitrogen and oxygen atoms in total. The van der Waals surface area contributed by atoms with Crippen LogP contribution in [0.1, 0.15) is 11.3 Å². The molecule has 1 saturated heterocycles. The fourth-order valence-electron chi connectivity index (χ4n) is 2.56. The highest BCUT2D eigenvalue weighted by Gasteiger charge is 2.33. The first-order valence-corrected chi connectivity index (χ1v) is 10.4. The number of rotatable bonds is 5. The Balaban J connectivity index is 1.47. The number of thioether (sulfide) groups is 1. The van der Waals surface area contributed by atoms with Gasteiger partial charge in [-0.15, -0.1) is 11.3 Å². The summed E-state index contributed by atoms with van der Waals surface area (Å²) in [6.07, 6.45) is 1.78. The summed E-state index contributed by atoms with van der Waals surface area (Å²) in [6.45, 7) is 0.416. The van der Waals surface area contributed by atoms with Crippen molar-refractivity contribution in [3.05, 3.63) is 81.4 Å². The van der Waals surface area contributed by atoms with Crippen LogP contribution in [0.5, 0.6) is 5.75 Å². The molecule has 1 fully saturated rings. The molecule has 0 aliphatic carbocycles. The molecule has 1 aromatic heterocycles. The average Bonchev–Trinajstić information content (AvgIpc) is 3.31. The smallest absolute Gasteiger partial charge is 0.270 e. The van der Waals surface area contributed by atoms with Gasteiger partial charge in [-0.25, -0.2) is 9.37 Å². The summed E-state index contributed by atoms with van der Waals surface area (Å²) in [5.41, 5.74) is 4.07. The molecule has 0 saturated carbocycles. The summed E-state index contributed by atoms with van der Waals surface area (Å²) in [6, 6.07) is 13.1. The van der Waals surface area contributed by atoms with Gasteiger partial charge in [0, 0.05) is 5.38 Å². The fraction of sp³-hybridized carbons (Fsp3) is 0.0500. The van der Waals surface area contributed by atoms with E-state index in [9.17, 15) is 9.18 Å². The Morgan fingerprint density at radius 2 is 1.89 bits per heavy atom. The maximum atomic E-state index is 13.1. The normalized spacial score (nSPS) is 15.5. The number of nitrogens with zero attached hydrogens (tertiary/aromatic N) is 2. The fourth-order valence-corrected chi connectivity index (χ4v) is 4.40. The minimum absolute atomic E-state index is 0.217. The van der Waals surface area contributed by atoms with Crippen LogP contribution in [0, 0.1) is 5.82 Å². The van der Waals surface area contributed by atoms with Crippen molar-refractivity contribution in [3.63, 3.8) is 0 Å². The third-order valence-corrected chi connectivity index (χ3v) is 5.86. The van der Waals surface area contributed by atoms with Crippen molar-refractivity contribution < 1.29 is 13.9 Å². The number of ether oxygens (including phenoxy) is 1. The van der Waals surface area contributed by atoms with Crippen molar-refractivity contribution in [3.8, 4) is 5.75 Å². The molecule has 28 heavy (non-hydrogen) atoms. The molecule has 0 N–H and O–H groups in total. The Kier molecular flexibility index (Phi) is 5.52. The topological polar surface area (TPSA) is 42.4 Å². The van der Waals surface area contributed by atoms with Crippen LogP contribution in [0.15, 0.2) is 64.3 Å². The van der Waals surface area contributed by atoms with E-state index in [1.54, 1.807) is 11.6 Å². The second-order valence-corrected chi connectivity index (χ2v) is 8.23. The van der Waals surface area contributed by atoms with E-state index in [2.05, 4.69) is 4.98 Å². The van der Waals surface area contributed by atoms with Gasteiger partial charge in [-0.3, -0.25) is 9.69 Å². The Morgan fingerprint density at radius 3 is 2.57 bits per heavy atom. The van der Waals surface area contributed by atoms with Crippen LogP contribution in [-0.4, -0.2) is 15.2 Å². The highest BCUT2D eigenvalue weighted by molar-refractivity contribution is 8.27. The van der Waals surface area contributed by atoms with Crippen LogP contribution in [0.25, 0.3) is 6.08 Å². The lowest BCUT2D eigenvalue weighted by molar-refractivity contribution is -0.113. The lowest BCUT2D eigenvalue weighted by atomic mass is 10.2. The summed E-state index contributed by atoms with van der Waals surface area (Å²) < 4.78 is 19.2. The predicted molar refractivity (Wildman–Crippen MR) is 115 cm³/mol. The summed E-state index contributed by atoms with van der Waals surface area (Å²) in [4.78, 5) is 18.8. The second kappa shape index (κ2) is 8.22. The van der Waals surface area contributed by atoms with Gasteiger partial charge >= 0.3 is 0 Å².